The van der Waals surface area contributed by atoms with Crippen molar-refractivity contribution < 1.29 is 24.1 Å². The second-order valence-electron chi connectivity index (χ2n) is 7.92. The van der Waals surface area contributed by atoms with Crippen molar-refractivity contribution in [2.45, 2.75) is 26.1 Å². The fraction of sp³-hybridized carbons (Fsp3) is 0.308. The van der Waals surface area contributed by atoms with E-state index in [4.69, 9.17) is 18.9 Å². The summed E-state index contributed by atoms with van der Waals surface area (Å²) < 4.78 is 21.9. The number of fused-ring (bicyclic) bond motifs is 1. The summed E-state index contributed by atoms with van der Waals surface area (Å²) in [4.78, 5) is 2.22. The Morgan fingerprint density at radius 1 is 0.938 bits per heavy atom. The van der Waals surface area contributed by atoms with E-state index in [1.54, 1.807) is 7.11 Å². The molecule has 0 aliphatic carbocycles. The summed E-state index contributed by atoms with van der Waals surface area (Å²) >= 11 is 0. The fourth-order valence-electron chi connectivity index (χ4n) is 3.73. The zero-order chi connectivity index (χ0) is 22.3. The highest BCUT2D eigenvalue weighted by Gasteiger charge is 2.18. The molecular weight excluding hydrogens is 406 g/mol. The van der Waals surface area contributed by atoms with Crippen molar-refractivity contribution in [3.8, 4) is 23.0 Å². The molecule has 0 unspecified atom stereocenters. The van der Waals surface area contributed by atoms with Crippen LogP contribution in [0.15, 0.2) is 66.7 Å². The number of hydrogen-bond acceptors (Lipinski definition) is 6. The number of benzene rings is 3. The van der Waals surface area contributed by atoms with Gasteiger partial charge in [-0.25, -0.2) is 0 Å². The van der Waals surface area contributed by atoms with E-state index in [-0.39, 0.29) is 13.4 Å². The molecule has 32 heavy (non-hydrogen) atoms. The predicted octanol–water partition coefficient (Wildman–Crippen LogP) is 4.17. The Balaban J connectivity index is 1.42. The first-order chi connectivity index (χ1) is 15.6. The molecule has 0 fully saturated rings. The van der Waals surface area contributed by atoms with Crippen molar-refractivity contribution in [3.05, 3.63) is 83.4 Å². The highest BCUT2D eigenvalue weighted by atomic mass is 16.7. The topological polar surface area (TPSA) is 60.4 Å². The number of ether oxygens (including phenoxy) is 4. The smallest absolute Gasteiger partial charge is 0.231 e. The predicted molar refractivity (Wildman–Crippen MR) is 122 cm³/mol. The molecule has 0 saturated carbocycles. The number of aliphatic hydroxyl groups excluding tert-OH is 1. The highest BCUT2D eigenvalue weighted by Crippen LogP contribution is 2.33. The number of aryl methyl sites for hydroxylation is 1. The summed E-state index contributed by atoms with van der Waals surface area (Å²) in [6.45, 7) is 4.44. The van der Waals surface area contributed by atoms with Crippen LogP contribution >= 0.6 is 0 Å². The average Bonchev–Trinajstić information content (AvgIpc) is 3.27. The molecule has 0 bridgehead atoms. The van der Waals surface area contributed by atoms with Crippen molar-refractivity contribution in [3.63, 3.8) is 0 Å². The van der Waals surface area contributed by atoms with E-state index in [1.807, 2.05) is 54.6 Å². The van der Waals surface area contributed by atoms with Gasteiger partial charge in [0.15, 0.2) is 11.5 Å². The van der Waals surface area contributed by atoms with Crippen molar-refractivity contribution >= 4 is 0 Å². The zero-order valence-corrected chi connectivity index (χ0v) is 18.5. The molecule has 4 rings (SSSR count). The van der Waals surface area contributed by atoms with Crippen LogP contribution in [0.5, 0.6) is 23.0 Å². The van der Waals surface area contributed by atoms with E-state index >= 15 is 0 Å². The van der Waals surface area contributed by atoms with E-state index in [2.05, 4.69) is 24.0 Å². The van der Waals surface area contributed by atoms with Crippen LogP contribution in [0.25, 0.3) is 0 Å². The van der Waals surface area contributed by atoms with E-state index in [0.29, 0.717) is 18.8 Å². The van der Waals surface area contributed by atoms with Gasteiger partial charge in [0.25, 0.3) is 0 Å². The molecule has 1 aliphatic heterocycles. The Kier molecular flexibility index (Phi) is 7.14. The maximum Gasteiger partial charge on any atom is 0.231 e. The Morgan fingerprint density at radius 2 is 1.69 bits per heavy atom. The third kappa shape index (κ3) is 5.72. The lowest BCUT2D eigenvalue weighted by molar-refractivity contribution is 0.0627. The largest absolute Gasteiger partial charge is 0.497 e. The Labute approximate surface area is 188 Å². The number of rotatable bonds is 10. The Bertz CT molecular complexity index is 1020. The van der Waals surface area contributed by atoms with Gasteiger partial charge >= 0.3 is 0 Å². The summed E-state index contributed by atoms with van der Waals surface area (Å²) in [5, 5.41) is 10.7. The second kappa shape index (κ2) is 10.4. The monoisotopic (exact) mass is 435 g/mol. The van der Waals surface area contributed by atoms with E-state index in [0.717, 1.165) is 29.4 Å². The van der Waals surface area contributed by atoms with Crippen LogP contribution in [0.2, 0.25) is 0 Å². The summed E-state index contributed by atoms with van der Waals surface area (Å²) in [5.41, 5.74) is 3.56. The van der Waals surface area contributed by atoms with Gasteiger partial charge in [0.2, 0.25) is 6.79 Å². The number of nitrogens with zero attached hydrogens (tertiary/aromatic N) is 1. The first kappa shape index (κ1) is 22.0. The maximum atomic E-state index is 10.7. The molecule has 168 valence electrons. The molecule has 1 N–H and O–H groups in total. The van der Waals surface area contributed by atoms with Gasteiger partial charge in [-0.3, -0.25) is 4.90 Å². The maximum absolute atomic E-state index is 10.7. The molecule has 0 radical (unpaired) electrons. The van der Waals surface area contributed by atoms with Crippen LogP contribution in [-0.4, -0.2) is 43.2 Å². The van der Waals surface area contributed by atoms with Crippen LogP contribution in [0.1, 0.15) is 16.7 Å². The summed E-state index contributed by atoms with van der Waals surface area (Å²) in [6.07, 6.45) is -0.643. The molecule has 3 aromatic rings. The molecule has 1 atom stereocenters. The van der Waals surface area contributed by atoms with Gasteiger partial charge in [-0.05, 0) is 60.0 Å². The van der Waals surface area contributed by atoms with Crippen LogP contribution in [0.3, 0.4) is 0 Å². The summed E-state index contributed by atoms with van der Waals surface area (Å²) in [5.74, 6) is 3.01. The first-order valence-corrected chi connectivity index (χ1v) is 10.7. The molecule has 0 aromatic heterocycles. The molecular formula is C26H29NO5. The quantitative estimate of drug-likeness (QED) is 0.516. The van der Waals surface area contributed by atoms with E-state index < -0.39 is 6.10 Å². The Hall–Kier alpha value is -3.22. The summed E-state index contributed by atoms with van der Waals surface area (Å²) in [7, 11) is 1.63. The van der Waals surface area contributed by atoms with Crippen molar-refractivity contribution in [2.75, 3.05) is 27.1 Å². The normalized spacial score (nSPS) is 13.2. The van der Waals surface area contributed by atoms with E-state index in [1.165, 1.54) is 11.1 Å². The van der Waals surface area contributed by atoms with Gasteiger partial charge in [0.1, 0.15) is 24.2 Å². The second-order valence-corrected chi connectivity index (χ2v) is 7.92. The van der Waals surface area contributed by atoms with Gasteiger partial charge in [-0.2, -0.15) is 0 Å². The molecule has 0 saturated heterocycles. The number of methoxy groups -OCH3 is 1. The lowest BCUT2D eigenvalue weighted by Crippen LogP contribution is -2.35. The van der Waals surface area contributed by atoms with Gasteiger partial charge in [-0.15, -0.1) is 0 Å². The molecule has 1 heterocycles. The van der Waals surface area contributed by atoms with Crippen LogP contribution < -0.4 is 18.9 Å². The van der Waals surface area contributed by atoms with Gasteiger partial charge < -0.3 is 24.1 Å². The van der Waals surface area contributed by atoms with Crippen molar-refractivity contribution in [1.29, 1.82) is 0 Å². The Morgan fingerprint density at radius 3 is 2.47 bits per heavy atom. The SMILES string of the molecule is COc1ccc(OC[C@@H](O)CN(Cc2ccc3c(c2)OCO3)Cc2ccccc2C)cc1. The molecule has 1 aliphatic rings. The van der Waals surface area contributed by atoms with Crippen molar-refractivity contribution in [1.82, 2.24) is 4.90 Å². The van der Waals surface area contributed by atoms with Gasteiger partial charge in [0.05, 0.1) is 7.11 Å². The molecule has 6 nitrogen and oxygen atoms in total. The van der Waals surface area contributed by atoms with Gasteiger partial charge in [0, 0.05) is 19.6 Å². The van der Waals surface area contributed by atoms with Crippen LogP contribution in [0, 0.1) is 6.92 Å². The lowest BCUT2D eigenvalue weighted by atomic mass is 10.1. The standard InChI is InChI=1S/C26H29NO5/c1-19-5-3-4-6-21(19)15-27(14-20-7-12-25-26(13-20)32-18-31-25)16-22(28)17-30-24-10-8-23(29-2)9-11-24/h3-13,22,28H,14-18H2,1-2H3/t22-/m0/s1. The van der Waals surface area contributed by atoms with Crippen LogP contribution in [0.4, 0.5) is 0 Å². The van der Waals surface area contributed by atoms with Crippen molar-refractivity contribution in [2.24, 2.45) is 0 Å². The molecule has 0 amide bonds. The molecule has 0 spiro atoms. The van der Waals surface area contributed by atoms with Crippen LogP contribution in [-0.2, 0) is 13.1 Å². The highest BCUT2D eigenvalue weighted by molar-refractivity contribution is 5.44. The zero-order valence-electron chi connectivity index (χ0n) is 18.5. The van der Waals surface area contributed by atoms with Gasteiger partial charge in [-0.1, -0.05) is 30.3 Å². The number of aliphatic hydroxyl groups is 1. The fourth-order valence-corrected chi connectivity index (χ4v) is 3.73. The lowest BCUT2D eigenvalue weighted by Gasteiger charge is -2.26. The third-order valence-corrected chi connectivity index (χ3v) is 5.47. The third-order valence-electron chi connectivity index (χ3n) is 5.47. The first-order valence-electron chi connectivity index (χ1n) is 10.7. The summed E-state index contributed by atoms with van der Waals surface area (Å²) in [6, 6.07) is 21.7. The minimum absolute atomic E-state index is 0.206. The van der Waals surface area contributed by atoms with E-state index in [9.17, 15) is 5.11 Å². The molecule has 6 heteroatoms. The molecule has 3 aromatic carbocycles. The average molecular weight is 436 g/mol. The minimum atomic E-state index is -0.643. The minimum Gasteiger partial charge on any atom is -0.497 e. The number of hydrogen-bond donors (Lipinski definition) is 1.